The van der Waals surface area contributed by atoms with Gasteiger partial charge in [-0.2, -0.15) is 0 Å². The standard InChI is InChI=1S/C15H18NS/c1-12(16-2)15(13-8-4-3-5-9-13)17-14-10-6-7-11-14/h3-12,15-16H,1-2H3/t12-,15-/m0/s1. The Balaban J connectivity index is 2.07. The lowest BCUT2D eigenvalue weighted by Crippen LogP contribution is -2.27. The van der Waals surface area contributed by atoms with Gasteiger partial charge in [0.05, 0.1) is 0 Å². The van der Waals surface area contributed by atoms with Crippen LogP contribution < -0.4 is 5.32 Å². The molecule has 0 heterocycles. The van der Waals surface area contributed by atoms with Crippen LogP contribution in [0.1, 0.15) is 17.7 Å². The van der Waals surface area contributed by atoms with E-state index in [9.17, 15) is 0 Å². The van der Waals surface area contributed by atoms with E-state index in [1.54, 1.807) is 0 Å². The van der Waals surface area contributed by atoms with Gasteiger partial charge in [0.1, 0.15) is 0 Å². The van der Waals surface area contributed by atoms with E-state index in [0.29, 0.717) is 11.3 Å². The van der Waals surface area contributed by atoms with Crippen LogP contribution in [-0.4, -0.2) is 13.1 Å². The van der Waals surface area contributed by atoms with Gasteiger partial charge in [-0.05, 0) is 45.2 Å². The van der Waals surface area contributed by atoms with Gasteiger partial charge in [0.15, 0.2) is 0 Å². The number of benzene rings is 1. The summed E-state index contributed by atoms with van der Waals surface area (Å²) in [6, 6.07) is 11.1. The highest BCUT2D eigenvalue weighted by Gasteiger charge is 2.26. The summed E-state index contributed by atoms with van der Waals surface area (Å²) in [6.07, 6.45) is 8.52. The number of thioether (sulfide) groups is 1. The van der Waals surface area contributed by atoms with E-state index in [1.807, 2.05) is 18.8 Å². The maximum absolute atomic E-state index is 3.36. The topological polar surface area (TPSA) is 12.0 Å². The SMILES string of the molecule is CN[C@@H](C)[C@H](S[C]1[CH][CH][CH][CH]1)c1ccccc1. The van der Waals surface area contributed by atoms with Crippen molar-refractivity contribution in [2.24, 2.45) is 0 Å². The third-order valence-corrected chi connectivity index (χ3v) is 4.41. The van der Waals surface area contributed by atoms with Gasteiger partial charge in [-0.25, -0.2) is 0 Å². The zero-order valence-electron chi connectivity index (χ0n) is 10.3. The molecule has 0 amide bonds. The van der Waals surface area contributed by atoms with Crippen molar-refractivity contribution >= 4 is 11.8 Å². The average molecular weight is 244 g/mol. The molecule has 89 valence electrons. The first-order chi connectivity index (χ1) is 8.31. The summed E-state index contributed by atoms with van der Waals surface area (Å²) < 4.78 is 0. The molecule has 1 N–H and O–H groups in total. The molecule has 1 saturated carbocycles. The van der Waals surface area contributed by atoms with Gasteiger partial charge in [-0.3, -0.25) is 0 Å². The van der Waals surface area contributed by atoms with Gasteiger partial charge >= 0.3 is 0 Å². The molecule has 1 fully saturated rings. The predicted octanol–water partition coefficient (Wildman–Crippen LogP) is 3.43. The Hall–Kier alpha value is -0.470. The Kier molecular flexibility index (Phi) is 4.93. The normalized spacial score (nSPS) is 20.4. The van der Waals surface area contributed by atoms with Crippen LogP contribution in [0.4, 0.5) is 0 Å². The third kappa shape index (κ3) is 3.49. The molecule has 0 bridgehead atoms. The second-order valence-corrected chi connectivity index (χ2v) is 5.36. The number of hydrogen-bond acceptors (Lipinski definition) is 2. The lowest BCUT2D eigenvalue weighted by molar-refractivity contribution is 0.598. The highest BCUT2D eigenvalue weighted by Crippen LogP contribution is 2.44. The van der Waals surface area contributed by atoms with Crippen molar-refractivity contribution in [1.82, 2.24) is 5.32 Å². The maximum atomic E-state index is 3.36. The van der Waals surface area contributed by atoms with Crippen molar-refractivity contribution in [2.75, 3.05) is 7.05 Å². The van der Waals surface area contributed by atoms with Gasteiger partial charge in [0, 0.05) is 16.5 Å². The summed E-state index contributed by atoms with van der Waals surface area (Å²) in [5, 5.41) is 5.14. The molecule has 0 spiro atoms. The summed E-state index contributed by atoms with van der Waals surface area (Å²) >= 11 is 1.92. The maximum Gasteiger partial charge on any atom is 0.0454 e. The molecule has 1 aliphatic carbocycles. The number of nitrogens with one attached hydrogen (secondary N) is 1. The fraction of sp³-hybridized carbons (Fsp3) is 0.267. The monoisotopic (exact) mass is 244 g/mol. The van der Waals surface area contributed by atoms with E-state index in [-0.39, 0.29) is 0 Å². The first kappa shape index (κ1) is 13.0. The minimum atomic E-state index is 0.442. The molecule has 1 aromatic carbocycles. The molecule has 17 heavy (non-hydrogen) atoms. The van der Waals surface area contributed by atoms with E-state index in [1.165, 1.54) is 10.8 Å². The zero-order valence-corrected chi connectivity index (χ0v) is 11.1. The Morgan fingerprint density at radius 1 is 1.06 bits per heavy atom. The zero-order chi connectivity index (χ0) is 12.1. The molecule has 0 aliphatic heterocycles. The first-order valence-corrected chi connectivity index (χ1v) is 6.80. The largest absolute Gasteiger partial charge is 0.316 e. The Morgan fingerprint density at radius 3 is 2.29 bits per heavy atom. The summed E-state index contributed by atoms with van der Waals surface area (Å²) in [5.41, 5.74) is 1.38. The first-order valence-electron chi connectivity index (χ1n) is 5.92. The molecule has 0 saturated heterocycles. The highest BCUT2D eigenvalue weighted by molar-refractivity contribution is 8.02. The lowest BCUT2D eigenvalue weighted by atomic mass is 10.1. The smallest absolute Gasteiger partial charge is 0.0454 e. The van der Waals surface area contributed by atoms with Crippen LogP contribution in [-0.2, 0) is 0 Å². The second-order valence-electron chi connectivity index (χ2n) is 4.15. The van der Waals surface area contributed by atoms with Crippen molar-refractivity contribution < 1.29 is 0 Å². The summed E-state index contributed by atoms with van der Waals surface area (Å²) in [7, 11) is 2.02. The summed E-state index contributed by atoms with van der Waals surface area (Å²) in [6.45, 7) is 2.23. The quantitative estimate of drug-likeness (QED) is 0.851. The molecule has 1 nitrogen and oxygen atoms in total. The van der Waals surface area contributed by atoms with E-state index < -0.39 is 0 Å². The molecule has 5 radical (unpaired) electrons. The summed E-state index contributed by atoms with van der Waals surface area (Å²) in [5.74, 6) is 0. The van der Waals surface area contributed by atoms with Gasteiger partial charge in [-0.15, -0.1) is 11.8 Å². The van der Waals surface area contributed by atoms with E-state index in [4.69, 9.17) is 0 Å². The van der Waals surface area contributed by atoms with Gasteiger partial charge < -0.3 is 5.32 Å². The van der Waals surface area contributed by atoms with Crippen LogP contribution in [0.2, 0.25) is 0 Å². The van der Waals surface area contributed by atoms with Crippen molar-refractivity contribution in [3.8, 4) is 0 Å². The molecular weight excluding hydrogens is 226 g/mol. The number of hydrogen-bond donors (Lipinski definition) is 1. The summed E-state index contributed by atoms with van der Waals surface area (Å²) in [4.78, 5) is 0. The average Bonchev–Trinajstić information content (AvgIpc) is 2.89. The van der Waals surface area contributed by atoms with Crippen LogP contribution in [0.15, 0.2) is 30.3 Å². The number of likely N-dealkylation sites (N-methyl/N-ethyl adjacent to an activating group) is 1. The molecule has 0 aromatic heterocycles. The molecule has 2 rings (SSSR count). The Bertz CT molecular complexity index is 319. The Morgan fingerprint density at radius 2 is 1.71 bits per heavy atom. The fourth-order valence-electron chi connectivity index (χ4n) is 1.83. The predicted molar refractivity (Wildman–Crippen MR) is 75.7 cm³/mol. The van der Waals surface area contributed by atoms with E-state index >= 15 is 0 Å². The molecule has 2 atom stereocenters. The number of rotatable bonds is 5. The molecule has 1 aliphatic rings. The van der Waals surface area contributed by atoms with Gasteiger partial charge in [0.25, 0.3) is 0 Å². The van der Waals surface area contributed by atoms with Crippen LogP contribution in [0.3, 0.4) is 0 Å². The lowest BCUT2D eigenvalue weighted by Gasteiger charge is -2.26. The minimum Gasteiger partial charge on any atom is -0.316 e. The van der Waals surface area contributed by atoms with Crippen LogP contribution >= 0.6 is 11.8 Å². The van der Waals surface area contributed by atoms with E-state index in [0.717, 1.165) is 0 Å². The van der Waals surface area contributed by atoms with Crippen molar-refractivity contribution in [3.63, 3.8) is 0 Å². The Labute approximate surface area is 109 Å². The van der Waals surface area contributed by atoms with Gasteiger partial charge in [0.2, 0.25) is 0 Å². The molecule has 2 heteroatoms. The second kappa shape index (κ2) is 6.46. The van der Waals surface area contributed by atoms with Crippen LogP contribution in [0.25, 0.3) is 0 Å². The third-order valence-electron chi connectivity index (χ3n) is 2.93. The molecular formula is C15H18NS. The van der Waals surface area contributed by atoms with Gasteiger partial charge in [-0.1, -0.05) is 30.3 Å². The fourth-order valence-corrected chi connectivity index (χ4v) is 3.08. The highest BCUT2D eigenvalue weighted by atomic mass is 32.2. The van der Waals surface area contributed by atoms with Crippen LogP contribution in [0, 0.1) is 30.9 Å². The van der Waals surface area contributed by atoms with Crippen LogP contribution in [0.5, 0.6) is 0 Å². The minimum absolute atomic E-state index is 0.442. The molecule has 0 unspecified atom stereocenters. The van der Waals surface area contributed by atoms with Crippen molar-refractivity contribution in [2.45, 2.75) is 18.2 Å². The van der Waals surface area contributed by atoms with Crippen molar-refractivity contribution in [3.05, 3.63) is 66.8 Å². The molecule has 1 aromatic rings. The van der Waals surface area contributed by atoms with E-state index in [2.05, 4.69) is 68.3 Å². The van der Waals surface area contributed by atoms with Crippen molar-refractivity contribution in [1.29, 1.82) is 0 Å².